The Hall–Kier alpha value is -2.32. The number of carbonyl (C=O) groups excluding carboxylic acids is 1. The SMILES string of the molecule is COc1ccc(/C(C)=N\NC(=O)c2cccs2)cc1CSCC(=O)O. The smallest absolute Gasteiger partial charge is 0.313 e. The third-order valence-electron chi connectivity index (χ3n) is 3.25. The molecule has 2 N–H and O–H groups in total. The van der Waals surface area contributed by atoms with Crippen molar-refractivity contribution in [3.05, 3.63) is 51.7 Å². The summed E-state index contributed by atoms with van der Waals surface area (Å²) in [5, 5.41) is 14.7. The van der Waals surface area contributed by atoms with Crippen molar-refractivity contribution in [2.75, 3.05) is 12.9 Å². The van der Waals surface area contributed by atoms with E-state index in [2.05, 4.69) is 10.5 Å². The molecule has 0 bridgehead atoms. The number of hydrogen-bond acceptors (Lipinski definition) is 6. The van der Waals surface area contributed by atoms with Crippen molar-refractivity contribution in [1.82, 2.24) is 5.43 Å². The van der Waals surface area contributed by atoms with Crippen LogP contribution in [0.25, 0.3) is 0 Å². The number of rotatable bonds is 8. The minimum Gasteiger partial charge on any atom is -0.496 e. The number of carboxylic acids is 1. The highest BCUT2D eigenvalue weighted by atomic mass is 32.2. The molecule has 132 valence electrons. The van der Waals surface area contributed by atoms with Crippen LogP contribution in [0.4, 0.5) is 0 Å². The molecule has 2 rings (SSSR count). The lowest BCUT2D eigenvalue weighted by Crippen LogP contribution is -2.18. The van der Waals surface area contributed by atoms with Gasteiger partial charge in [0, 0.05) is 11.3 Å². The van der Waals surface area contributed by atoms with Crippen molar-refractivity contribution in [1.29, 1.82) is 0 Å². The summed E-state index contributed by atoms with van der Waals surface area (Å²) < 4.78 is 5.32. The first-order chi connectivity index (χ1) is 12.0. The topological polar surface area (TPSA) is 88.0 Å². The van der Waals surface area contributed by atoms with E-state index in [1.54, 1.807) is 26.2 Å². The molecule has 1 heterocycles. The molecule has 8 heteroatoms. The molecule has 1 aromatic heterocycles. The number of nitrogens with zero attached hydrogens (tertiary/aromatic N) is 1. The Kier molecular flexibility index (Phi) is 7.03. The first kappa shape index (κ1) is 19.0. The average Bonchev–Trinajstić information content (AvgIpc) is 3.13. The highest BCUT2D eigenvalue weighted by molar-refractivity contribution is 7.99. The van der Waals surface area contributed by atoms with Gasteiger partial charge >= 0.3 is 5.97 Å². The molecular formula is C17H18N2O4S2. The van der Waals surface area contributed by atoms with E-state index in [9.17, 15) is 9.59 Å². The summed E-state index contributed by atoms with van der Waals surface area (Å²) in [5.41, 5.74) is 4.90. The van der Waals surface area contributed by atoms with Crippen LogP contribution in [0.3, 0.4) is 0 Å². The molecule has 0 saturated carbocycles. The van der Waals surface area contributed by atoms with E-state index in [0.29, 0.717) is 22.1 Å². The summed E-state index contributed by atoms with van der Waals surface area (Å²) in [6.45, 7) is 1.80. The first-order valence-corrected chi connectivity index (χ1v) is 9.39. The molecular weight excluding hydrogens is 360 g/mol. The van der Waals surface area contributed by atoms with E-state index in [4.69, 9.17) is 9.84 Å². The highest BCUT2D eigenvalue weighted by Gasteiger charge is 2.09. The molecule has 0 unspecified atom stereocenters. The van der Waals surface area contributed by atoms with E-state index < -0.39 is 5.97 Å². The molecule has 0 aliphatic heterocycles. The highest BCUT2D eigenvalue weighted by Crippen LogP contribution is 2.25. The van der Waals surface area contributed by atoms with Gasteiger partial charge in [0.1, 0.15) is 5.75 Å². The zero-order valence-corrected chi connectivity index (χ0v) is 15.4. The van der Waals surface area contributed by atoms with Gasteiger partial charge in [-0.15, -0.1) is 23.1 Å². The normalized spacial score (nSPS) is 11.2. The van der Waals surface area contributed by atoms with Gasteiger partial charge in [-0.25, -0.2) is 5.43 Å². The summed E-state index contributed by atoms with van der Waals surface area (Å²) >= 11 is 2.64. The number of amides is 1. The minimum absolute atomic E-state index is 0.0251. The number of benzene rings is 1. The van der Waals surface area contributed by atoms with Gasteiger partial charge in [-0.3, -0.25) is 9.59 Å². The van der Waals surface area contributed by atoms with Crippen LogP contribution in [0.2, 0.25) is 0 Å². The van der Waals surface area contributed by atoms with Crippen LogP contribution in [0.15, 0.2) is 40.8 Å². The third-order valence-corrected chi connectivity index (χ3v) is 5.09. The second-order valence-corrected chi connectivity index (χ2v) is 6.96. The summed E-state index contributed by atoms with van der Waals surface area (Å²) in [5.74, 6) is 0.126. The second kappa shape index (κ2) is 9.24. The van der Waals surface area contributed by atoms with E-state index >= 15 is 0 Å². The molecule has 6 nitrogen and oxygen atoms in total. The molecule has 0 atom stereocenters. The Labute approximate surface area is 153 Å². The lowest BCUT2D eigenvalue weighted by Gasteiger charge is -2.10. The second-order valence-electron chi connectivity index (χ2n) is 5.03. The maximum atomic E-state index is 11.9. The maximum absolute atomic E-state index is 11.9. The van der Waals surface area contributed by atoms with Crippen LogP contribution in [0, 0.1) is 0 Å². The van der Waals surface area contributed by atoms with Crippen molar-refractivity contribution in [2.45, 2.75) is 12.7 Å². The van der Waals surface area contributed by atoms with Gasteiger partial charge in [-0.2, -0.15) is 5.10 Å². The average molecular weight is 378 g/mol. The van der Waals surface area contributed by atoms with Crippen LogP contribution in [-0.2, 0) is 10.5 Å². The first-order valence-electron chi connectivity index (χ1n) is 7.36. The Morgan fingerprint density at radius 3 is 2.80 bits per heavy atom. The fraction of sp³-hybridized carbons (Fsp3) is 0.235. The number of nitrogens with one attached hydrogen (secondary N) is 1. The molecule has 0 fully saturated rings. The van der Waals surface area contributed by atoms with Crippen molar-refractivity contribution >= 4 is 40.7 Å². The molecule has 0 spiro atoms. The lowest BCUT2D eigenvalue weighted by atomic mass is 10.1. The molecule has 1 aromatic carbocycles. The van der Waals surface area contributed by atoms with Gasteiger partial charge in [0.2, 0.25) is 0 Å². The number of carbonyl (C=O) groups is 2. The van der Waals surface area contributed by atoms with Gasteiger partial charge in [-0.1, -0.05) is 6.07 Å². The van der Waals surface area contributed by atoms with Crippen LogP contribution in [0.5, 0.6) is 5.75 Å². The maximum Gasteiger partial charge on any atom is 0.313 e. The van der Waals surface area contributed by atoms with E-state index in [1.165, 1.54) is 23.1 Å². The Balaban J connectivity index is 2.10. The van der Waals surface area contributed by atoms with Crippen LogP contribution >= 0.6 is 23.1 Å². The largest absolute Gasteiger partial charge is 0.496 e. The monoisotopic (exact) mass is 378 g/mol. The summed E-state index contributed by atoms with van der Waals surface area (Å²) in [6.07, 6.45) is 0. The van der Waals surface area contributed by atoms with Gasteiger partial charge in [-0.05, 0) is 42.1 Å². The molecule has 25 heavy (non-hydrogen) atoms. The zero-order chi connectivity index (χ0) is 18.2. The predicted molar refractivity (Wildman–Crippen MR) is 101 cm³/mol. The number of hydrazone groups is 1. The number of aliphatic carboxylic acids is 1. The van der Waals surface area contributed by atoms with E-state index in [0.717, 1.165) is 11.1 Å². The molecule has 2 aromatic rings. The summed E-state index contributed by atoms with van der Waals surface area (Å²) in [4.78, 5) is 23.2. The van der Waals surface area contributed by atoms with Gasteiger partial charge < -0.3 is 9.84 Å². The Morgan fingerprint density at radius 2 is 2.16 bits per heavy atom. The number of ether oxygens (including phenoxy) is 1. The fourth-order valence-corrected chi connectivity index (χ4v) is 3.36. The number of carboxylic acid groups (broad SMARTS) is 1. The number of thiophene rings is 1. The quantitative estimate of drug-likeness (QED) is 0.544. The Bertz CT molecular complexity index is 773. The van der Waals surface area contributed by atoms with Crippen molar-refractivity contribution in [2.24, 2.45) is 5.10 Å². The standard InChI is InChI=1S/C17H18N2O4S2/c1-11(18-19-17(22)15-4-3-7-25-15)12-5-6-14(23-2)13(8-12)9-24-10-16(20)21/h3-8H,9-10H2,1-2H3,(H,19,22)(H,20,21)/b18-11-. The molecule has 0 radical (unpaired) electrons. The van der Waals surface area contributed by atoms with Crippen molar-refractivity contribution in [3.8, 4) is 5.75 Å². The minimum atomic E-state index is -0.853. The molecule has 1 amide bonds. The summed E-state index contributed by atoms with van der Waals surface area (Å²) in [7, 11) is 1.57. The predicted octanol–water partition coefficient (Wildman–Crippen LogP) is 3.23. The van der Waals surface area contributed by atoms with Crippen LogP contribution in [0.1, 0.15) is 27.7 Å². The van der Waals surface area contributed by atoms with Gasteiger partial charge in [0.25, 0.3) is 5.91 Å². The summed E-state index contributed by atoms with van der Waals surface area (Å²) in [6, 6.07) is 9.09. The van der Waals surface area contributed by atoms with Crippen LogP contribution < -0.4 is 10.2 Å². The van der Waals surface area contributed by atoms with E-state index in [1.807, 2.05) is 23.6 Å². The lowest BCUT2D eigenvalue weighted by molar-refractivity contribution is -0.133. The third kappa shape index (κ3) is 5.61. The zero-order valence-electron chi connectivity index (χ0n) is 13.8. The number of thioether (sulfide) groups is 1. The van der Waals surface area contributed by atoms with Gasteiger partial charge in [0.15, 0.2) is 0 Å². The van der Waals surface area contributed by atoms with Crippen molar-refractivity contribution < 1.29 is 19.4 Å². The van der Waals surface area contributed by atoms with Gasteiger partial charge in [0.05, 0.1) is 23.5 Å². The van der Waals surface area contributed by atoms with Crippen LogP contribution in [-0.4, -0.2) is 35.6 Å². The number of methoxy groups -OCH3 is 1. The van der Waals surface area contributed by atoms with E-state index in [-0.39, 0.29) is 11.7 Å². The molecule has 0 aliphatic rings. The van der Waals surface area contributed by atoms with Crippen molar-refractivity contribution in [3.63, 3.8) is 0 Å². The number of hydrogen-bond donors (Lipinski definition) is 2. The fourth-order valence-electron chi connectivity index (χ4n) is 2.03. The Morgan fingerprint density at radius 1 is 1.36 bits per heavy atom. The molecule has 0 saturated heterocycles. The molecule has 0 aliphatic carbocycles.